The van der Waals surface area contributed by atoms with Gasteiger partial charge in [-0.3, -0.25) is 9.59 Å². The molecule has 0 bridgehead atoms. The summed E-state index contributed by atoms with van der Waals surface area (Å²) in [5.41, 5.74) is 3.19. The van der Waals surface area contributed by atoms with E-state index in [1.807, 2.05) is 106 Å². The number of amides is 2. The monoisotopic (exact) mass is 472 g/mol. The highest BCUT2D eigenvalue weighted by molar-refractivity contribution is 5.88. The van der Waals surface area contributed by atoms with E-state index in [9.17, 15) is 9.59 Å². The van der Waals surface area contributed by atoms with Gasteiger partial charge < -0.3 is 15.0 Å². The molecule has 3 aromatic rings. The maximum atomic E-state index is 13.5. The number of benzene rings is 3. The SMILES string of the molecule is Cc1ccc(OCCCC(=O)N(Cc2ccccc2)[C@@H](Cc2ccccc2)C(=O)NC(C)C)cc1. The van der Waals surface area contributed by atoms with E-state index in [0.717, 1.165) is 16.9 Å². The molecule has 0 aliphatic rings. The van der Waals surface area contributed by atoms with Gasteiger partial charge in [0.25, 0.3) is 0 Å². The second-order valence-electron chi connectivity index (χ2n) is 9.14. The Morgan fingerprint density at radius 3 is 2.06 bits per heavy atom. The summed E-state index contributed by atoms with van der Waals surface area (Å²) in [4.78, 5) is 28.6. The summed E-state index contributed by atoms with van der Waals surface area (Å²) < 4.78 is 5.82. The average Bonchev–Trinajstić information content (AvgIpc) is 2.85. The van der Waals surface area contributed by atoms with Gasteiger partial charge in [0.1, 0.15) is 11.8 Å². The lowest BCUT2D eigenvalue weighted by Gasteiger charge is -2.32. The highest BCUT2D eigenvalue weighted by Gasteiger charge is 2.30. The molecule has 0 saturated heterocycles. The van der Waals surface area contributed by atoms with Crippen molar-refractivity contribution in [2.24, 2.45) is 0 Å². The molecule has 1 atom stereocenters. The summed E-state index contributed by atoms with van der Waals surface area (Å²) in [6.45, 7) is 6.72. The summed E-state index contributed by atoms with van der Waals surface area (Å²) in [5.74, 6) is 0.604. The Kier molecular flexibility index (Phi) is 9.91. The maximum absolute atomic E-state index is 13.5. The Labute approximate surface area is 209 Å². The first kappa shape index (κ1) is 26.0. The maximum Gasteiger partial charge on any atom is 0.243 e. The van der Waals surface area contributed by atoms with Crippen LogP contribution in [0.15, 0.2) is 84.9 Å². The van der Waals surface area contributed by atoms with Crippen LogP contribution >= 0.6 is 0 Å². The third-order valence-electron chi connectivity index (χ3n) is 5.72. The van der Waals surface area contributed by atoms with Crippen LogP contribution in [0.3, 0.4) is 0 Å². The number of ether oxygens (including phenoxy) is 1. The predicted octanol–water partition coefficient (Wildman–Crippen LogP) is 5.32. The first-order chi connectivity index (χ1) is 16.9. The molecule has 0 unspecified atom stereocenters. The van der Waals surface area contributed by atoms with E-state index < -0.39 is 6.04 Å². The Morgan fingerprint density at radius 2 is 1.46 bits per heavy atom. The second-order valence-corrected chi connectivity index (χ2v) is 9.14. The molecule has 184 valence electrons. The van der Waals surface area contributed by atoms with Crippen molar-refractivity contribution in [1.82, 2.24) is 10.2 Å². The van der Waals surface area contributed by atoms with Crippen molar-refractivity contribution in [3.05, 3.63) is 102 Å². The van der Waals surface area contributed by atoms with Gasteiger partial charge in [0.2, 0.25) is 11.8 Å². The van der Waals surface area contributed by atoms with Crippen LogP contribution in [0.4, 0.5) is 0 Å². The molecule has 0 spiro atoms. The van der Waals surface area contributed by atoms with Gasteiger partial charge in [-0.15, -0.1) is 0 Å². The third kappa shape index (κ3) is 8.60. The highest BCUT2D eigenvalue weighted by Crippen LogP contribution is 2.17. The van der Waals surface area contributed by atoms with Crippen LogP contribution in [0.25, 0.3) is 0 Å². The number of hydrogen-bond donors (Lipinski definition) is 1. The number of nitrogens with one attached hydrogen (secondary N) is 1. The number of aryl methyl sites for hydroxylation is 1. The summed E-state index contributed by atoms with van der Waals surface area (Å²) in [5, 5.41) is 3.02. The minimum absolute atomic E-state index is 0.0163. The Hall–Kier alpha value is -3.60. The van der Waals surface area contributed by atoms with E-state index in [2.05, 4.69) is 5.32 Å². The molecule has 3 aromatic carbocycles. The van der Waals surface area contributed by atoms with Gasteiger partial charge in [-0.1, -0.05) is 78.4 Å². The molecule has 0 fully saturated rings. The molecule has 0 aliphatic carbocycles. The molecule has 0 aliphatic heterocycles. The van der Waals surface area contributed by atoms with E-state index in [1.54, 1.807) is 4.90 Å². The molecule has 5 heteroatoms. The van der Waals surface area contributed by atoms with E-state index in [0.29, 0.717) is 32.4 Å². The van der Waals surface area contributed by atoms with Crippen molar-refractivity contribution in [1.29, 1.82) is 0 Å². The van der Waals surface area contributed by atoms with Crippen LogP contribution in [-0.4, -0.2) is 35.4 Å². The summed E-state index contributed by atoms with van der Waals surface area (Å²) in [6.07, 6.45) is 1.33. The van der Waals surface area contributed by atoms with Crippen LogP contribution < -0.4 is 10.1 Å². The van der Waals surface area contributed by atoms with Gasteiger partial charge in [-0.2, -0.15) is 0 Å². The molecule has 5 nitrogen and oxygen atoms in total. The van der Waals surface area contributed by atoms with Crippen molar-refractivity contribution in [3.8, 4) is 5.75 Å². The first-order valence-electron chi connectivity index (χ1n) is 12.3. The fourth-order valence-corrected chi connectivity index (χ4v) is 3.91. The summed E-state index contributed by atoms with van der Waals surface area (Å²) in [7, 11) is 0. The number of rotatable bonds is 12. The van der Waals surface area contributed by atoms with Gasteiger partial charge in [0.15, 0.2) is 0 Å². The van der Waals surface area contributed by atoms with E-state index in [1.165, 1.54) is 5.56 Å². The van der Waals surface area contributed by atoms with Gasteiger partial charge in [-0.25, -0.2) is 0 Å². The van der Waals surface area contributed by atoms with Gasteiger partial charge >= 0.3 is 0 Å². The lowest BCUT2D eigenvalue weighted by molar-refractivity contribution is -0.141. The van der Waals surface area contributed by atoms with Crippen LogP contribution in [0.2, 0.25) is 0 Å². The fraction of sp³-hybridized carbons (Fsp3) is 0.333. The smallest absolute Gasteiger partial charge is 0.243 e. The standard InChI is InChI=1S/C30H36N2O3/c1-23(2)31-30(34)28(21-25-11-6-4-7-12-25)32(22-26-13-8-5-9-14-26)29(33)15-10-20-35-27-18-16-24(3)17-19-27/h4-9,11-14,16-19,23,28H,10,15,20-22H2,1-3H3,(H,31,34)/t28-/m0/s1. The molecule has 0 aromatic heterocycles. The van der Waals surface area contributed by atoms with Crippen molar-refractivity contribution >= 4 is 11.8 Å². The Balaban J connectivity index is 1.75. The summed E-state index contributed by atoms with van der Waals surface area (Å²) in [6, 6.07) is 26.9. The number of hydrogen-bond acceptors (Lipinski definition) is 3. The fourth-order valence-electron chi connectivity index (χ4n) is 3.91. The summed E-state index contributed by atoms with van der Waals surface area (Å²) >= 11 is 0. The topological polar surface area (TPSA) is 58.6 Å². The molecule has 3 rings (SSSR count). The minimum Gasteiger partial charge on any atom is -0.494 e. The van der Waals surface area contributed by atoms with Gasteiger partial charge in [0, 0.05) is 25.4 Å². The molecule has 1 N–H and O–H groups in total. The molecular weight excluding hydrogens is 436 g/mol. The number of carbonyl (C=O) groups excluding carboxylic acids is 2. The average molecular weight is 473 g/mol. The normalized spacial score (nSPS) is 11.7. The highest BCUT2D eigenvalue weighted by atomic mass is 16.5. The quantitative estimate of drug-likeness (QED) is 0.363. The zero-order chi connectivity index (χ0) is 25.0. The van der Waals surface area contributed by atoms with Crippen molar-refractivity contribution in [3.63, 3.8) is 0 Å². The Bertz CT molecular complexity index is 1050. The Morgan fingerprint density at radius 1 is 0.857 bits per heavy atom. The molecule has 0 heterocycles. The van der Waals surface area contributed by atoms with E-state index >= 15 is 0 Å². The first-order valence-corrected chi connectivity index (χ1v) is 12.3. The van der Waals surface area contributed by atoms with Crippen molar-refractivity contribution in [2.75, 3.05) is 6.61 Å². The molecule has 0 saturated carbocycles. The third-order valence-corrected chi connectivity index (χ3v) is 5.72. The van der Waals surface area contributed by atoms with Crippen molar-refractivity contribution in [2.45, 2.75) is 58.7 Å². The molecule has 0 radical (unpaired) electrons. The lowest BCUT2D eigenvalue weighted by atomic mass is 10.0. The van der Waals surface area contributed by atoms with Crippen molar-refractivity contribution < 1.29 is 14.3 Å². The zero-order valence-electron chi connectivity index (χ0n) is 20.9. The number of nitrogens with zero attached hydrogens (tertiary/aromatic N) is 1. The largest absolute Gasteiger partial charge is 0.494 e. The van der Waals surface area contributed by atoms with Gasteiger partial charge in [0.05, 0.1) is 6.61 Å². The van der Waals surface area contributed by atoms with Crippen LogP contribution in [-0.2, 0) is 22.6 Å². The molecular formula is C30H36N2O3. The molecule has 35 heavy (non-hydrogen) atoms. The predicted molar refractivity (Wildman–Crippen MR) is 140 cm³/mol. The minimum atomic E-state index is -0.606. The number of carbonyl (C=O) groups is 2. The zero-order valence-corrected chi connectivity index (χ0v) is 20.9. The second kappa shape index (κ2) is 13.3. The van der Waals surface area contributed by atoms with E-state index in [4.69, 9.17) is 4.74 Å². The lowest BCUT2D eigenvalue weighted by Crippen LogP contribution is -2.51. The van der Waals surface area contributed by atoms with Crippen LogP contribution in [0.5, 0.6) is 5.75 Å². The molecule has 2 amide bonds. The van der Waals surface area contributed by atoms with E-state index in [-0.39, 0.29) is 17.9 Å². The van der Waals surface area contributed by atoms with Crippen LogP contribution in [0, 0.1) is 6.92 Å². The van der Waals surface area contributed by atoms with Crippen LogP contribution in [0.1, 0.15) is 43.4 Å². The van der Waals surface area contributed by atoms with Gasteiger partial charge in [-0.05, 0) is 50.5 Å².